The lowest BCUT2D eigenvalue weighted by Gasteiger charge is -2.38. The number of hydrogen-bond acceptors (Lipinski definition) is 4. The summed E-state index contributed by atoms with van der Waals surface area (Å²) in [5, 5.41) is 14.2. The van der Waals surface area contributed by atoms with Crippen molar-refractivity contribution in [1.82, 2.24) is 10.4 Å². The molecular weight excluding hydrogens is 345 g/mol. The Morgan fingerprint density at radius 3 is 2.58 bits per heavy atom. The smallest absolute Gasteiger partial charge is 0.111 e. The molecule has 2 rings (SSSR count). The maximum Gasteiger partial charge on any atom is 0.111 e. The summed E-state index contributed by atoms with van der Waals surface area (Å²) in [7, 11) is 0. The molecule has 1 aliphatic heterocycles. The van der Waals surface area contributed by atoms with Crippen molar-refractivity contribution in [1.29, 1.82) is 0 Å². The van der Waals surface area contributed by atoms with Gasteiger partial charge in [-0.05, 0) is 41.9 Å². The zero-order valence-corrected chi connectivity index (χ0v) is 16.3. The van der Waals surface area contributed by atoms with Crippen LogP contribution in [0.15, 0.2) is 23.2 Å². The van der Waals surface area contributed by atoms with E-state index in [4.69, 9.17) is 23.2 Å². The van der Waals surface area contributed by atoms with E-state index in [0.717, 1.165) is 18.4 Å². The predicted octanol–water partition coefficient (Wildman–Crippen LogP) is 4.14. The first-order valence-corrected chi connectivity index (χ1v) is 9.07. The molecule has 1 aliphatic rings. The number of rotatable bonds is 6. The average molecular weight is 372 g/mol. The van der Waals surface area contributed by atoms with Crippen LogP contribution >= 0.6 is 23.2 Å². The third-order valence-electron chi connectivity index (χ3n) is 4.43. The molecule has 1 aromatic rings. The highest BCUT2D eigenvalue weighted by atomic mass is 35.5. The number of hydrogen-bond donors (Lipinski definition) is 2. The molecule has 0 fully saturated rings. The van der Waals surface area contributed by atoms with Crippen LogP contribution < -0.4 is 5.43 Å². The first-order valence-electron chi connectivity index (χ1n) is 8.31. The lowest BCUT2D eigenvalue weighted by atomic mass is 9.80. The lowest BCUT2D eigenvalue weighted by Crippen LogP contribution is -2.52. The average Bonchev–Trinajstić information content (AvgIpc) is 3.00. The van der Waals surface area contributed by atoms with E-state index >= 15 is 0 Å². The summed E-state index contributed by atoms with van der Waals surface area (Å²) in [4.78, 5) is 4.21. The molecule has 24 heavy (non-hydrogen) atoms. The van der Waals surface area contributed by atoms with Crippen LogP contribution in [0.3, 0.4) is 0 Å². The Labute approximate surface area is 154 Å². The summed E-state index contributed by atoms with van der Waals surface area (Å²) in [5.41, 5.74) is 4.02. The topological polar surface area (TPSA) is 47.9 Å². The molecule has 0 spiro atoms. The van der Waals surface area contributed by atoms with Gasteiger partial charge in [0.1, 0.15) is 6.67 Å². The molecule has 134 valence electrons. The molecule has 1 heterocycles. The van der Waals surface area contributed by atoms with Gasteiger partial charge in [0.05, 0.1) is 18.5 Å². The SMILES string of the molecule is C[C@@H](Cc1ccc(Cl)cc1Cl)C[C@@H]([C@@H](O)C(C)(C)C)N1CN=CN1. The van der Waals surface area contributed by atoms with Crippen molar-refractivity contribution in [2.75, 3.05) is 6.67 Å². The van der Waals surface area contributed by atoms with Gasteiger partial charge in [-0.3, -0.25) is 4.99 Å². The number of nitrogens with zero attached hydrogens (tertiary/aromatic N) is 2. The highest BCUT2D eigenvalue weighted by Gasteiger charge is 2.36. The van der Waals surface area contributed by atoms with E-state index in [-0.39, 0.29) is 11.5 Å². The van der Waals surface area contributed by atoms with Crippen LogP contribution in [0.2, 0.25) is 10.0 Å². The number of aliphatic hydroxyl groups excluding tert-OH is 1. The first kappa shape index (κ1) is 19.5. The van der Waals surface area contributed by atoms with Gasteiger partial charge in [0.2, 0.25) is 0 Å². The fourth-order valence-electron chi connectivity index (χ4n) is 3.05. The van der Waals surface area contributed by atoms with Crippen LogP contribution in [0.4, 0.5) is 0 Å². The Morgan fingerprint density at radius 2 is 2.04 bits per heavy atom. The number of hydrazine groups is 1. The molecular formula is C18H27Cl2N3O. The number of benzene rings is 1. The van der Waals surface area contributed by atoms with E-state index in [2.05, 4.69) is 38.1 Å². The largest absolute Gasteiger partial charge is 0.391 e. The molecule has 0 saturated heterocycles. The lowest BCUT2D eigenvalue weighted by molar-refractivity contribution is -0.0330. The second kappa shape index (κ2) is 8.05. The van der Waals surface area contributed by atoms with Gasteiger partial charge >= 0.3 is 0 Å². The van der Waals surface area contributed by atoms with E-state index in [0.29, 0.717) is 22.6 Å². The molecule has 0 aliphatic carbocycles. The van der Waals surface area contributed by atoms with Crippen LogP contribution in [-0.2, 0) is 6.42 Å². The zero-order chi connectivity index (χ0) is 17.9. The summed E-state index contributed by atoms with van der Waals surface area (Å²) in [6.07, 6.45) is 2.91. The summed E-state index contributed by atoms with van der Waals surface area (Å²) >= 11 is 12.3. The molecule has 0 bridgehead atoms. The maximum atomic E-state index is 10.8. The minimum absolute atomic E-state index is 0.0198. The van der Waals surface area contributed by atoms with Gasteiger partial charge in [-0.15, -0.1) is 0 Å². The van der Waals surface area contributed by atoms with Crippen molar-refractivity contribution in [3.63, 3.8) is 0 Å². The Balaban J connectivity index is 2.07. The van der Waals surface area contributed by atoms with E-state index in [1.165, 1.54) is 0 Å². The van der Waals surface area contributed by atoms with Crippen molar-refractivity contribution in [2.24, 2.45) is 16.3 Å². The molecule has 2 N–H and O–H groups in total. The Hall–Kier alpha value is -0.810. The summed E-state index contributed by atoms with van der Waals surface area (Å²) in [6.45, 7) is 8.92. The van der Waals surface area contributed by atoms with E-state index < -0.39 is 6.10 Å². The Morgan fingerprint density at radius 1 is 1.33 bits per heavy atom. The molecule has 4 nitrogen and oxygen atoms in total. The molecule has 3 atom stereocenters. The second-order valence-electron chi connectivity index (χ2n) is 7.71. The van der Waals surface area contributed by atoms with Crippen molar-refractivity contribution in [3.05, 3.63) is 33.8 Å². The Kier molecular flexibility index (Phi) is 6.54. The molecule has 0 aromatic heterocycles. The molecule has 0 radical (unpaired) electrons. The van der Waals surface area contributed by atoms with Crippen LogP contribution in [0.1, 0.15) is 39.7 Å². The summed E-state index contributed by atoms with van der Waals surface area (Å²) in [5.74, 6) is 0.355. The first-order chi connectivity index (χ1) is 11.2. The van der Waals surface area contributed by atoms with Crippen LogP contribution in [0.5, 0.6) is 0 Å². The molecule has 0 unspecified atom stereocenters. The summed E-state index contributed by atoms with van der Waals surface area (Å²) < 4.78 is 0. The molecule has 6 heteroatoms. The summed E-state index contributed by atoms with van der Waals surface area (Å²) in [6, 6.07) is 5.61. The van der Waals surface area contributed by atoms with Crippen molar-refractivity contribution in [3.8, 4) is 0 Å². The highest BCUT2D eigenvalue weighted by Crippen LogP contribution is 2.30. The fourth-order valence-corrected chi connectivity index (χ4v) is 3.53. The number of aliphatic hydroxyl groups is 1. The highest BCUT2D eigenvalue weighted by molar-refractivity contribution is 6.35. The van der Waals surface area contributed by atoms with Crippen molar-refractivity contribution < 1.29 is 5.11 Å². The Bertz CT molecular complexity index is 578. The maximum absolute atomic E-state index is 10.8. The van der Waals surface area contributed by atoms with Crippen LogP contribution in [-0.4, -0.2) is 35.3 Å². The van der Waals surface area contributed by atoms with Gasteiger partial charge in [0.15, 0.2) is 0 Å². The zero-order valence-electron chi connectivity index (χ0n) is 14.8. The molecule has 0 amide bonds. The second-order valence-corrected chi connectivity index (χ2v) is 8.55. The third kappa shape index (κ3) is 5.09. The van der Waals surface area contributed by atoms with Gasteiger partial charge < -0.3 is 10.5 Å². The van der Waals surface area contributed by atoms with Gasteiger partial charge in [0.25, 0.3) is 0 Å². The minimum atomic E-state index is -0.463. The van der Waals surface area contributed by atoms with Crippen molar-refractivity contribution in [2.45, 2.75) is 52.7 Å². The minimum Gasteiger partial charge on any atom is -0.391 e. The number of halogens is 2. The van der Waals surface area contributed by atoms with Gasteiger partial charge in [-0.1, -0.05) is 57.0 Å². The number of aliphatic imine (C=N–C) groups is 1. The van der Waals surface area contributed by atoms with Gasteiger partial charge in [-0.25, -0.2) is 0 Å². The normalized spacial score (nSPS) is 19.1. The molecule has 0 saturated carbocycles. The number of nitrogens with one attached hydrogen (secondary N) is 1. The fraction of sp³-hybridized carbons (Fsp3) is 0.611. The van der Waals surface area contributed by atoms with Gasteiger partial charge in [-0.2, -0.15) is 5.01 Å². The van der Waals surface area contributed by atoms with E-state index in [9.17, 15) is 5.11 Å². The van der Waals surface area contributed by atoms with E-state index in [1.807, 2.05) is 17.1 Å². The standard InChI is InChI=1S/C18H27Cl2N3O/c1-12(7-13-5-6-14(19)9-15(13)20)8-16(17(24)18(2,3)4)23-11-21-10-22-23/h5-6,9-10,12,16-17,24H,7-8,11H2,1-4H3,(H,21,22)/t12-,16-,17+/m0/s1. The van der Waals surface area contributed by atoms with E-state index in [1.54, 1.807) is 12.4 Å². The van der Waals surface area contributed by atoms with Crippen LogP contribution in [0.25, 0.3) is 0 Å². The van der Waals surface area contributed by atoms with Crippen molar-refractivity contribution >= 4 is 29.5 Å². The van der Waals surface area contributed by atoms with Gasteiger partial charge in [0, 0.05) is 10.0 Å². The predicted molar refractivity (Wildman–Crippen MR) is 102 cm³/mol. The van der Waals surface area contributed by atoms with Crippen LogP contribution in [0, 0.1) is 11.3 Å². The quantitative estimate of drug-likeness (QED) is 0.789. The monoisotopic (exact) mass is 371 g/mol. The third-order valence-corrected chi connectivity index (χ3v) is 5.02. The molecule has 1 aromatic carbocycles.